The van der Waals surface area contributed by atoms with E-state index in [-0.39, 0.29) is 18.6 Å². The van der Waals surface area contributed by atoms with E-state index in [9.17, 15) is 9.90 Å². The smallest absolute Gasteiger partial charge is 0.238 e. The SMILES string of the molecule is CC(O)CCN(C)CC(=O)Nc1cccc(Oc2ccccc2)c1. The molecule has 2 N–H and O–H groups in total. The van der Waals surface area contributed by atoms with Gasteiger partial charge in [0.05, 0.1) is 12.6 Å². The summed E-state index contributed by atoms with van der Waals surface area (Å²) in [5, 5.41) is 12.1. The van der Waals surface area contributed by atoms with Crippen molar-refractivity contribution >= 4 is 11.6 Å². The standard InChI is InChI=1S/C19H24N2O3/c1-15(22)11-12-21(2)14-19(23)20-16-7-6-10-18(13-16)24-17-8-4-3-5-9-17/h3-10,13,15,22H,11-12,14H2,1-2H3,(H,20,23). The molecule has 5 heteroatoms. The number of aliphatic hydroxyl groups is 1. The van der Waals surface area contributed by atoms with Crippen LogP contribution in [0, 0.1) is 0 Å². The number of carbonyl (C=O) groups excluding carboxylic acids is 1. The lowest BCUT2D eigenvalue weighted by Crippen LogP contribution is -2.32. The summed E-state index contributed by atoms with van der Waals surface area (Å²) in [5.74, 6) is 1.32. The minimum Gasteiger partial charge on any atom is -0.457 e. The molecule has 0 saturated carbocycles. The summed E-state index contributed by atoms with van der Waals surface area (Å²) in [7, 11) is 1.86. The molecule has 0 fully saturated rings. The second-order valence-electron chi connectivity index (χ2n) is 5.87. The molecule has 0 radical (unpaired) electrons. The third-order valence-electron chi connectivity index (χ3n) is 3.44. The maximum Gasteiger partial charge on any atom is 0.238 e. The Hall–Kier alpha value is -2.37. The van der Waals surface area contributed by atoms with Gasteiger partial charge < -0.3 is 15.2 Å². The van der Waals surface area contributed by atoms with Crippen LogP contribution < -0.4 is 10.1 Å². The summed E-state index contributed by atoms with van der Waals surface area (Å²) in [6.45, 7) is 2.69. The highest BCUT2D eigenvalue weighted by molar-refractivity contribution is 5.92. The van der Waals surface area contributed by atoms with Crippen LogP contribution in [-0.2, 0) is 4.79 Å². The van der Waals surface area contributed by atoms with Gasteiger partial charge in [-0.05, 0) is 44.7 Å². The van der Waals surface area contributed by atoms with E-state index in [4.69, 9.17) is 4.74 Å². The highest BCUT2D eigenvalue weighted by atomic mass is 16.5. The van der Waals surface area contributed by atoms with Gasteiger partial charge in [0.25, 0.3) is 0 Å². The number of hydrogen-bond acceptors (Lipinski definition) is 4. The lowest BCUT2D eigenvalue weighted by atomic mass is 10.2. The zero-order chi connectivity index (χ0) is 17.4. The van der Waals surface area contributed by atoms with Crippen molar-refractivity contribution in [2.24, 2.45) is 0 Å². The molecule has 1 unspecified atom stereocenters. The van der Waals surface area contributed by atoms with E-state index in [0.717, 1.165) is 5.75 Å². The average Bonchev–Trinajstić information content (AvgIpc) is 2.54. The summed E-state index contributed by atoms with van der Waals surface area (Å²) < 4.78 is 5.76. The minimum absolute atomic E-state index is 0.0973. The van der Waals surface area contributed by atoms with E-state index in [1.165, 1.54) is 0 Å². The molecule has 0 saturated heterocycles. The van der Waals surface area contributed by atoms with Crippen molar-refractivity contribution in [2.45, 2.75) is 19.4 Å². The first-order valence-electron chi connectivity index (χ1n) is 8.02. The number of nitrogens with one attached hydrogen (secondary N) is 1. The van der Waals surface area contributed by atoms with Crippen LogP contribution in [0.2, 0.25) is 0 Å². The van der Waals surface area contributed by atoms with Crippen LogP contribution in [0.25, 0.3) is 0 Å². The van der Waals surface area contributed by atoms with Crippen LogP contribution >= 0.6 is 0 Å². The summed E-state index contributed by atoms with van der Waals surface area (Å²) in [5.41, 5.74) is 0.692. The Morgan fingerprint density at radius 3 is 2.58 bits per heavy atom. The average molecular weight is 328 g/mol. The topological polar surface area (TPSA) is 61.8 Å². The Kier molecular flexibility index (Phi) is 6.78. The largest absolute Gasteiger partial charge is 0.457 e. The first-order valence-corrected chi connectivity index (χ1v) is 8.02. The second-order valence-corrected chi connectivity index (χ2v) is 5.87. The lowest BCUT2D eigenvalue weighted by molar-refractivity contribution is -0.117. The fourth-order valence-electron chi connectivity index (χ4n) is 2.19. The van der Waals surface area contributed by atoms with Gasteiger partial charge >= 0.3 is 0 Å². The Labute approximate surface area is 142 Å². The fraction of sp³-hybridized carbons (Fsp3) is 0.316. The predicted molar refractivity (Wildman–Crippen MR) is 95.4 cm³/mol. The molecule has 2 rings (SSSR count). The zero-order valence-electron chi connectivity index (χ0n) is 14.1. The molecule has 0 aliphatic carbocycles. The number of nitrogens with zero attached hydrogens (tertiary/aromatic N) is 1. The molecule has 0 aromatic heterocycles. The molecule has 2 aromatic rings. The van der Waals surface area contributed by atoms with Gasteiger partial charge in [0.2, 0.25) is 5.91 Å². The van der Waals surface area contributed by atoms with Crippen LogP contribution in [0.1, 0.15) is 13.3 Å². The first-order chi connectivity index (χ1) is 11.5. The predicted octanol–water partition coefficient (Wildman–Crippen LogP) is 3.12. The van der Waals surface area contributed by atoms with E-state index in [2.05, 4.69) is 5.32 Å². The molecule has 5 nitrogen and oxygen atoms in total. The van der Waals surface area contributed by atoms with Crippen molar-refractivity contribution in [3.8, 4) is 11.5 Å². The number of benzene rings is 2. The number of ether oxygens (including phenoxy) is 1. The molecule has 128 valence electrons. The van der Waals surface area contributed by atoms with E-state index in [1.807, 2.05) is 60.5 Å². The number of anilines is 1. The number of likely N-dealkylation sites (N-methyl/N-ethyl adjacent to an activating group) is 1. The molecule has 0 spiro atoms. The minimum atomic E-state index is -0.359. The van der Waals surface area contributed by atoms with Gasteiger partial charge in [-0.1, -0.05) is 24.3 Å². The molecule has 0 aliphatic rings. The van der Waals surface area contributed by atoms with Gasteiger partial charge in [-0.3, -0.25) is 9.69 Å². The second kappa shape index (κ2) is 9.05. The van der Waals surface area contributed by atoms with Crippen molar-refractivity contribution in [2.75, 3.05) is 25.5 Å². The first kappa shape index (κ1) is 18.0. The number of hydrogen-bond donors (Lipinski definition) is 2. The quantitative estimate of drug-likeness (QED) is 0.781. The molecule has 0 bridgehead atoms. The number of amides is 1. The van der Waals surface area contributed by atoms with E-state index < -0.39 is 0 Å². The van der Waals surface area contributed by atoms with Crippen molar-refractivity contribution in [1.82, 2.24) is 4.90 Å². The molecule has 1 amide bonds. The highest BCUT2D eigenvalue weighted by Crippen LogP contribution is 2.23. The highest BCUT2D eigenvalue weighted by Gasteiger charge is 2.08. The number of para-hydroxylation sites is 1. The van der Waals surface area contributed by atoms with Gasteiger partial charge in [-0.2, -0.15) is 0 Å². The van der Waals surface area contributed by atoms with Gasteiger partial charge in [-0.25, -0.2) is 0 Å². The molecule has 1 atom stereocenters. The molecular weight excluding hydrogens is 304 g/mol. The fourth-order valence-corrected chi connectivity index (χ4v) is 2.19. The summed E-state index contributed by atoms with van der Waals surface area (Å²) >= 11 is 0. The Bertz CT molecular complexity index is 644. The third kappa shape index (κ3) is 6.40. The van der Waals surface area contributed by atoms with Gasteiger partial charge in [0.1, 0.15) is 11.5 Å². The molecule has 0 aliphatic heterocycles. The monoisotopic (exact) mass is 328 g/mol. The van der Waals surface area contributed by atoms with Crippen LogP contribution in [-0.4, -0.2) is 42.2 Å². The summed E-state index contributed by atoms with van der Waals surface area (Å²) in [6, 6.07) is 16.8. The maximum atomic E-state index is 12.1. The van der Waals surface area contributed by atoms with Crippen LogP contribution in [0.3, 0.4) is 0 Å². The van der Waals surface area contributed by atoms with E-state index in [0.29, 0.717) is 24.4 Å². The van der Waals surface area contributed by atoms with E-state index >= 15 is 0 Å². The molecule has 24 heavy (non-hydrogen) atoms. The number of carbonyl (C=O) groups is 1. The van der Waals surface area contributed by atoms with Crippen molar-refractivity contribution < 1.29 is 14.6 Å². The Balaban J connectivity index is 1.88. The molecular formula is C19H24N2O3. The van der Waals surface area contributed by atoms with Gasteiger partial charge in [0, 0.05) is 18.3 Å². The van der Waals surface area contributed by atoms with E-state index in [1.54, 1.807) is 13.0 Å². The summed E-state index contributed by atoms with van der Waals surface area (Å²) in [4.78, 5) is 14.0. The molecule has 0 heterocycles. The summed E-state index contributed by atoms with van der Waals surface area (Å²) in [6.07, 6.45) is 0.284. The Morgan fingerprint density at radius 2 is 1.88 bits per heavy atom. The van der Waals surface area contributed by atoms with Crippen LogP contribution in [0.5, 0.6) is 11.5 Å². The van der Waals surface area contributed by atoms with Crippen molar-refractivity contribution in [3.63, 3.8) is 0 Å². The number of rotatable bonds is 8. The van der Waals surface area contributed by atoms with Crippen molar-refractivity contribution in [1.29, 1.82) is 0 Å². The molecule has 2 aromatic carbocycles. The van der Waals surface area contributed by atoms with Gasteiger partial charge in [0.15, 0.2) is 0 Å². The van der Waals surface area contributed by atoms with Crippen LogP contribution in [0.4, 0.5) is 5.69 Å². The van der Waals surface area contributed by atoms with Crippen LogP contribution in [0.15, 0.2) is 54.6 Å². The third-order valence-corrected chi connectivity index (χ3v) is 3.44. The zero-order valence-corrected chi connectivity index (χ0v) is 14.1. The van der Waals surface area contributed by atoms with Crippen molar-refractivity contribution in [3.05, 3.63) is 54.6 Å². The normalized spacial score (nSPS) is 12.0. The lowest BCUT2D eigenvalue weighted by Gasteiger charge is -2.17. The number of aliphatic hydroxyl groups excluding tert-OH is 1. The Morgan fingerprint density at radius 1 is 1.17 bits per heavy atom. The van der Waals surface area contributed by atoms with Gasteiger partial charge in [-0.15, -0.1) is 0 Å². The maximum absolute atomic E-state index is 12.1.